The number of nitriles is 1. The van der Waals surface area contributed by atoms with Gasteiger partial charge in [0.2, 0.25) is 0 Å². The molecule has 4 atom stereocenters. The highest BCUT2D eigenvalue weighted by molar-refractivity contribution is 5.98. The molecule has 0 N–H and O–H groups in total. The van der Waals surface area contributed by atoms with E-state index in [0.29, 0.717) is 28.5 Å². The van der Waals surface area contributed by atoms with Crippen molar-refractivity contribution in [2.75, 3.05) is 0 Å². The van der Waals surface area contributed by atoms with Gasteiger partial charge in [0.25, 0.3) is 0 Å². The van der Waals surface area contributed by atoms with Gasteiger partial charge in [-0.25, -0.2) is 15.0 Å². The first kappa shape index (κ1) is 33.0. The summed E-state index contributed by atoms with van der Waals surface area (Å²) in [6.45, 7) is 4.92. The van der Waals surface area contributed by atoms with Crippen molar-refractivity contribution in [2.24, 2.45) is 17.8 Å². The molecule has 4 nitrogen and oxygen atoms in total. The lowest BCUT2D eigenvalue weighted by atomic mass is 9.54. The molecule has 1 aromatic heterocycles. The normalized spacial score (nSPS) is 20.9. The molecule has 6 aromatic carbocycles. The van der Waals surface area contributed by atoms with E-state index < -0.39 is 0 Å². The van der Waals surface area contributed by atoms with Gasteiger partial charge in [0.05, 0.1) is 11.6 Å². The molecule has 0 amide bonds. The molecule has 9 rings (SSSR count). The maximum absolute atomic E-state index is 9.63. The Morgan fingerprint density at radius 3 is 1.91 bits per heavy atom. The Labute approximate surface area is 312 Å². The third-order valence-corrected chi connectivity index (χ3v) is 11.7. The van der Waals surface area contributed by atoms with Crippen LogP contribution in [0.15, 0.2) is 140 Å². The summed E-state index contributed by atoms with van der Waals surface area (Å²) < 4.78 is 0. The molecule has 2 fully saturated rings. The summed E-state index contributed by atoms with van der Waals surface area (Å²) in [5, 5.41) is 11.8. The molecule has 2 bridgehead atoms. The van der Waals surface area contributed by atoms with E-state index in [2.05, 4.69) is 123 Å². The van der Waals surface area contributed by atoms with Crippen molar-refractivity contribution in [3.8, 4) is 62.5 Å². The quantitative estimate of drug-likeness (QED) is 0.175. The molecular formula is C49H42N4. The first-order valence-corrected chi connectivity index (χ1v) is 19.0. The van der Waals surface area contributed by atoms with E-state index in [9.17, 15) is 5.26 Å². The van der Waals surface area contributed by atoms with Gasteiger partial charge >= 0.3 is 0 Å². The number of rotatable bonds is 6. The van der Waals surface area contributed by atoms with Crippen molar-refractivity contribution in [3.05, 3.63) is 151 Å². The molecule has 1 heterocycles. The van der Waals surface area contributed by atoms with Crippen LogP contribution in [0.2, 0.25) is 0 Å². The minimum Gasteiger partial charge on any atom is -0.208 e. The third-order valence-electron chi connectivity index (χ3n) is 11.7. The maximum atomic E-state index is 9.63. The molecule has 2 aliphatic carbocycles. The summed E-state index contributed by atoms with van der Waals surface area (Å²) >= 11 is 0. The van der Waals surface area contributed by atoms with Gasteiger partial charge in [-0.3, -0.25) is 0 Å². The lowest BCUT2D eigenvalue weighted by Crippen LogP contribution is -2.42. The van der Waals surface area contributed by atoms with Crippen LogP contribution in [0.25, 0.3) is 67.2 Å². The van der Waals surface area contributed by atoms with Crippen molar-refractivity contribution in [1.29, 1.82) is 5.26 Å². The van der Waals surface area contributed by atoms with Crippen LogP contribution in [0.4, 0.5) is 0 Å². The fourth-order valence-corrected chi connectivity index (χ4v) is 9.75. The summed E-state index contributed by atoms with van der Waals surface area (Å²) in [7, 11) is 0. The first-order valence-electron chi connectivity index (χ1n) is 19.0. The number of hydrogen-bond donors (Lipinski definition) is 0. The number of nitrogens with zero attached hydrogens (tertiary/aromatic N) is 4. The van der Waals surface area contributed by atoms with Gasteiger partial charge in [0.1, 0.15) is 0 Å². The van der Waals surface area contributed by atoms with Crippen LogP contribution < -0.4 is 0 Å². The van der Waals surface area contributed by atoms with Crippen LogP contribution in [0.5, 0.6) is 0 Å². The average molecular weight is 687 g/mol. The Hall–Kier alpha value is -5.92. The second-order valence-corrected chi connectivity index (χ2v) is 15.7. The zero-order valence-electron chi connectivity index (χ0n) is 30.3. The van der Waals surface area contributed by atoms with Gasteiger partial charge in [-0.2, -0.15) is 5.26 Å². The molecule has 0 saturated heterocycles. The summed E-state index contributed by atoms with van der Waals surface area (Å²) in [6, 6.07) is 50.9. The predicted molar refractivity (Wildman–Crippen MR) is 216 cm³/mol. The fraction of sp³-hybridized carbons (Fsp3) is 0.224. The Morgan fingerprint density at radius 2 is 1.15 bits per heavy atom. The van der Waals surface area contributed by atoms with Crippen molar-refractivity contribution < 1.29 is 0 Å². The van der Waals surface area contributed by atoms with E-state index in [0.717, 1.165) is 61.9 Å². The number of benzene rings is 6. The number of hydrogen-bond acceptors (Lipinski definition) is 4. The molecule has 2 aliphatic rings. The standard InChI is InChI=1S/C49H42N4/c1-32-24-35-25-33(2)29-49(28-32,30-35)41-22-20-37(21-23-41)42-15-6-7-16-44(42)48-52-46(38-10-4-3-5-11-38)51-47(53-48)40-14-8-13-39(27-40)43-17-9-12-36-19-18-34(31-50)26-45(36)43/h3-23,26-27,32-33,35H,24-25,28-30H2,1-2H3/t32-,33+,35-,49?. The van der Waals surface area contributed by atoms with E-state index in [4.69, 9.17) is 15.0 Å². The van der Waals surface area contributed by atoms with Gasteiger partial charge in [0, 0.05) is 16.7 Å². The van der Waals surface area contributed by atoms with Gasteiger partial charge < -0.3 is 0 Å². The average Bonchev–Trinajstić information content (AvgIpc) is 3.20. The van der Waals surface area contributed by atoms with Crippen LogP contribution in [-0.2, 0) is 5.41 Å². The molecule has 0 radical (unpaired) electrons. The summed E-state index contributed by atoms with van der Waals surface area (Å²) in [5.74, 6) is 4.31. The maximum Gasteiger partial charge on any atom is 0.164 e. The van der Waals surface area contributed by atoms with Crippen molar-refractivity contribution >= 4 is 10.8 Å². The molecule has 258 valence electrons. The molecular weight excluding hydrogens is 645 g/mol. The Morgan fingerprint density at radius 1 is 0.528 bits per heavy atom. The topological polar surface area (TPSA) is 62.5 Å². The summed E-state index contributed by atoms with van der Waals surface area (Å²) in [6.07, 6.45) is 6.68. The zero-order valence-corrected chi connectivity index (χ0v) is 30.3. The Bertz CT molecular complexity index is 2480. The van der Waals surface area contributed by atoms with E-state index in [1.165, 1.54) is 43.2 Å². The van der Waals surface area contributed by atoms with Gasteiger partial charge in [-0.15, -0.1) is 0 Å². The minimum absolute atomic E-state index is 0.296. The predicted octanol–water partition coefficient (Wildman–Crippen LogP) is 12.3. The monoisotopic (exact) mass is 686 g/mol. The van der Waals surface area contributed by atoms with Gasteiger partial charge in [0.15, 0.2) is 17.5 Å². The SMILES string of the molecule is C[C@@H]1C[C@@H]2C[C@H](C)CC(c3ccc(-c4ccccc4-c4nc(-c5ccccc5)nc(-c5cccc(-c6cccc7ccc(C#N)cc67)c5)n4)cc3)(C1)C2. The van der Waals surface area contributed by atoms with Crippen LogP contribution in [0, 0.1) is 29.1 Å². The van der Waals surface area contributed by atoms with E-state index in [1.807, 2.05) is 36.4 Å². The van der Waals surface area contributed by atoms with Crippen LogP contribution in [0.3, 0.4) is 0 Å². The van der Waals surface area contributed by atoms with E-state index >= 15 is 0 Å². The van der Waals surface area contributed by atoms with Crippen molar-refractivity contribution in [2.45, 2.75) is 51.4 Å². The lowest BCUT2D eigenvalue weighted by Gasteiger charge is -2.50. The summed E-state index contributed by atoms with van der Waals surface area (Å²) in [4.78, 5) is 15.4. The molecule has 2 saturated carbocycles. The van der Waals surface area contributed by atoms with Crippen LogP contribution in [0.1, 0.15) is 57.1 Å². The highest BCUT2D eigenvalue weighted by atomic mass is 15.0. The summed E-state index contributed by atoms with van der Waals surface area (Å²) in [5.41, 5.74) is 9.64. The van der Waals surface area contributed by atoms with Crippen molar-refractivity contribution in [1.82, 2.24) is 15.0 Å². The lowest BCUT2D eigenvalue weighted by molar-refractivity contribution is 0.0780. The molecule has 0 spiro atoms. The van der Waals surface area contributed by atoms with Crippen LogP contribution in [-0.4, -0.2) is 15.0 Å². The van der Waals surface area contributed by atoms with Crippen molar-refractivity contribution in [3.63, 3.8) is 0 Å². The first-order chi connectivity index (χ1) is 25.9. The molecule has 7 aromatic rings. The smallest absolute Gasteiger partial charge is 0.164 e. The third kappa shape index (κ3) is 6.31. The van der Waals surface area contributed by atoms with E-state index in [1.54, 1.807) is 0 Å². The zero-order chi connectivity index (χ0) is 35.9. The van der Waals surface area contributed by atoms with Crippen LogP contribution >= 0.6 is 0 Å². The van der Waals surface area contributed by atoms with Gasteiger partial charge in [-0.1, -0.05) is 135 Å². The molecule has 4 heteroatoms. The highest BCUT2D eigenvalue weighted by Crippen LogP contribution is 2.54. The Kier molecular flexibility index (Phi) is 8.43. The molecule has 1 unspecified atom stereocenters. The number of fused-ring (bicyclic) bond motifs is 3. The Balaban J connectivity index is 1.14. The van der Waals surface area contributed by atoms with Gasteiger partial charge in [-0.05, 0) is 112 Å². The van der Waals surface area contributed by atoms with E-state index in [-0.39, 0.29) is 0 Å². The largest absolute Gasteiger partial charge is 0.208 e. The highest BCUT2D eigenvalue weighted by Gasteiger charge is 2.45. The molecule has 0 aliphatic heterocycles. The second-order valence-electron chi connectivity index (χ2n) is 15.7. The molecule has 53 heavy (non-hydrogen) atoms. The fourth-order valence-electron chi connectivity index (χ4n) is 9.75. The number of aromatic nitrogens is 3. The second kappa shape index (κ2) is 13.6. The minimum atomic E-state index is 0.296.